The number of rotatable bonds is 16. The van der Waals surface area contributed by atoms with E-state index in [9.17, 15) is 30.3 Å². The summed E-state index contributed by atoms with van der Waals surface area (Å²) in [5, 5.41) is 52.4. The van der Waals surface area contributed by atoms with Crippen LogP contribution >= 0.6 is 0 Å². The molecule has 0 spiro atoms. The Bertz CT molecular complexity index is 698. The zero-order chi connectivity index (χ0) is 29.5. The van der Waals surface area contributed by atoms with E-state index in [0.29, 0.717) is 19.4 Å². The average Bonchev–Trinajstić information content (AvgIpc) is 2.82. The van der Waals surface area contributed by atoms with Crippen molar-refractivity contribution < 1.29 is 39.8 Å². The van der Waals surface area contributed by atoms with Crippen molar-refractivity contribution in [2.45, 2.75) is 136 Å². The third kappa shape index (κ3) is 9.66. The predicted octanol–water partition coefficient (Wildman–Crippen LogP) is 1.81. The molecule has 0 radical (unpaired) electrons. The minimum absolute atomic E-state index is 0.154. The number of aliphatic hydroxyl groups is 4. The van der Waals surface area contributed by atoms with Crippen LogP contribution in [0.2, 0.25) is 0 Å². The first kappa shape index (κ1) is 35.2. The maximum Gasteiger partial charge on any atom is 0.308 e. The van der Waals surface area contributed by atoms with Crippen LogP contribution < -0.4 is 5.73 Å². The van der Waals surface area contributed by atoms with Gasteiger partial charge in [-0.25, -0.2) is 0 Å². The van der Waals surface area contributed by atoms with E-state index in [1.165, 1.54) is 0 Å². The molecule has 1 fully saturated rings. The summed E-state index contributed by atoms with van der Waals surface area (Å²) in [6.07, 6.45) is -2.50. The third-order valence-corrected chi connectivity index (χ3v) is 8.50. The van der Waals surface area contributed by atoms with E-state index >= 15 is 0 Å². The second-order valence-electron chi connectivity index (χ2n) is 12.3. The molecule has 1 heterocycles. The molecule has 38 heavy (non-hydrogen) atoms. The number of aliphatic carboxylic acids is 1. The lowest BCUT2D eigenvalue weighted by Crippen LogP contribution is -2.54. The van der Waals surface area contributed by atoms with E-state index < -0.39 is 66.3 Å². The van der Waals surface area contributed by atoms with Gasteiger partial charge in [0.15, 0.2) is 6.29 Å². The van der Waals surface area contributed by atoms with Gasteiger partial charge in [-0.15, -0.1) is 0 Å². The Morgan fingerprint density at radius 2 is 1.79 bits per heavy atom. The molecule has 226 valence electrons. The van der Waals surface area contributed by atoms with Crippen LogP contribution in [-0.2, 0) is 14.3 Å². The molecule has 10 nitrogen and oxygen atoms in total. The molecule has 0 aromatic heterocycles. The van der Waals surface area contributed by atoms with E-state index in [1.807, 2.05) is 32.7 Å². The summed E-state index contributed by atoms with van der Waals surface area (Å²) in [6.45, 7) is 15.2. The topological polar surface area (TPSA) is 166 Å². The fourth-order valence-electron chi connectivity index (χ4n) is 5.82. The van der Waals surface area contributed by atoms with E-state index in [0.717, 1.165) is 6.42 Å². The zero-order valence-electron chi connectivity index (χ0n) is 24.9. The second kappa shape index (κ2) is 15.2. The Morgan fingerprint density at radius 1 is 1.21 bits per heavy atom. The van der Waals surface area contributed by atoms with Gasteiger partial charge in [-0.2, -0.15) is 0 Å². The summed E-state index contributed by atoms with van der Waals surface area (Å²) >= 11 is 0. The number of carboxylic acids is 1. The van der Waals surface area contributed by atoms with Crippen LogP contribution in [0.4, 0.5) is 0 Å². The Kier molecular flexibility index (Phi) is 14.1. The number of nitrogens with zero attached hydrogens (tertiary/aromatic N) is 1. The van der Waals surface area contributed by atoms with Crippen LogP contribution in [-0.4, -0.2) is 104 Å². The van der Waals surface area contributed by atoms with Crippen LogP contribution in [0.3, 0.4) is 0 Å². The highest BCUT2D eigenvalue weighted by Gasteiger charge is 2.41. The Balaban J connectivity index is 2.83. The van der Waals surface area contributed by atoms with Gasteiger partial charge in [-0.3, -0.25) is 4.79 Å². The number of carboxylic acid groups (broad SMARTS) is 1. The quantitative estimate of drug-likeness (QED) is 0.167. The van der Waals surface area contributed by atoms with Crippen LogP contribution in [0.5, 0.6) is 0 Å². The van der Waals surface area contributed by atoms with Gasteiger partial charge in [0, 0.05) is 31.0 Å². The van der Waals surface area contributed by atoms with Crippen LogP contribution in [0.1, 0.15) is 81.1 Å². The summed E-state index contributed by atoms with van der Waals surface area (Å²) in [5.41, 5.74) is 4.85. The smallest absolute Gasteiger partial charge is 0.308 e. The number of nitrogens with two attached hydrogens (primary N) is 1. The number of ether oxygens (including phenoxy) is 2. The molecule has 0 aromatic rings. The molecule has 13 atom stereocenters. The van der Waals surface area contributed by atoms with Crippen molar-refractivity contribution in [1.82, 2.24) is 4.90 Å². The minimum atomic E-state index is -1.16. The number of aliphatic hydroxyl groups excluding tert-OH is 3. The maximum absolute atomic E-state index is 11.9. The van der Waals surface area contributed by atoms with Gasteiger partial charge < -0.3 is 45.6 Å². The van der Waals surface area contributed by atoms with Crippen molar-refractivity contribution >= 4 is 5.97 Å². The van der Waals surface area contributed by atoms with E-state index in [4.69, 9.17) is 15.2 Å². The first-order chi connectivity index (χ1) is 17.4. The summed E-state index contributed by atoms with van der Waals surface area (Å²) in [7, 11) is 1.92. The van der Waals surface area contributed by atoms with Gasteiger partial charge in [0.05, 0.1) is 42.0 Å². The summed E-state index contributed by atoms with van der Waals surface area (Å²) in [5.74, 6) is -2.42. The molecule has 1 aliphatic rings. The molecule has 3 unspecified atom stereocenters. The highest BCUT2D eigenvalue weighted by molar-refractivity contribution is 5.70. The standard InChI is InChI=1S/C28H56N2O8/c1-10-11-28(8,36)26(33)19(6)30(9)14-15(2)12-16(3)23(31)17(4)25(18(5)27(34)35)38-22-13-21(29)24(32)20(7)37-22/h15-26,31-33,36H,10-14,29H2,1-9H3,(H,34,35)/t15-,16+,17-,18-,19-,20?,21?,22+,23-,24-,25?,26-,28-/m1/s1. The van der Waals surface area contributed by atoms with Crippen LogP contribution in [0, 0.1) is 23.7 Å². The van der Waals surface area contributed by atoms with Gasteiger partial charge in [0.2, 0.25) is 0 Å². The highest BCUT2D eigenvalue weighted by Crippen LogP contribution is 2.31. The fraction of sp³-hybridized carbons (Fsp3) is 0.964. The van der Waals surface area contributed by atoms with Gasteiger partial charge in [-0.05, 0) is 59.4 Å². The SMILES string of the molecule is CCC[C@@](C)(O)[C@H](O)[C@@H](C)N(C)C[C@H](C)C[C@H](C)[C@@H](O)[C@@H](C)C(O[C@H]1CC(N)[C@H](O)C(C)O1)[C@@H](C)C(=O)O. The normalized spacial score (nSPS) is 30.5. The molecule has 0 bridgehead atoms. The van der Waals surface area contributed by atoms with Gasteiger partial charge >= 0.3 is 5.97 Å². The average molecular weight is 549 g/mol. The molecular formula is C28H56N2O8. The second-order valence-corrected chi connectivity index (χ2v) is 12.3. The van der Waals surface area contributed by atoms with Crippen molar-refractivity contribution in [2.24, 2.45) is 29.4 Å². The Hall–Kier alpha value is -0.850. The first-order valence-electron chi connectivity index (χ1n) is 14.2. The fourth-order valence-corrected chi connectivity index (χ4v) is 5.82. The van der Waals surface area contributed by atoms with Gasteiger partial charge in [0.1, 0.15) is 0 Å². The predicted molar refractivity (Wildman–Crippen MR) is 146 cm³/mol. The van der Waals surface area contributed by atoms with Gasteiger partial charge in [0.25, 0.3) is 0 Å². The summed E-state index contributed by atoms with van der Waals surface area (Å²) in [6, 6.07) is -0.803. The number of hydrogen-bond donors (Lipinski definition) is 6. The molecule has 10 heteroatoms. The minimum Gasteiger partial charge on any atom is -0.481 e. The Labute approximate surface area is 229 Å². The molecule has 1 aliphatic heterocycles. The van der Waals surface area contributed by atoms with Crippen molar-refractivity contribution in [3.8, 4) is 0 Å². The summed E-state index contributed by atoms with van der Waals surface area (Å²) in [4.78, 5) is 13.9. The third-order valence-electron chi connectivity index (χ3n) is 8.50. The van der Waals surface area contributed by atoms with E-state index in [1.54, 1.807) is 27.7 Å². The summed E-state index contributed by atoms with van der Waals surface area (Å²) < 4.78 is 11.8. The van der Waals surface area contributed by atoms with Crippen molar-refractivity contribution in [3.05, 3.63) is 0 Å². The molecule has 0 saturated carbocycles. The molecule has 7 N–H and O–H groups in total. The van der Waals surface area contributed by atoms with Crippen molar-refractivity contribution in [1.29, 1.82) is 0 Å². The molecule has 1 saturated heterocycles. The van der Waals surface area contributed by atoms with E-state index in [-0.39, 0.29) is 24.3 Å². The van der Waals surface area contributed by atoms with Crippen LogP contribution in [0.15, 0.2) is 0 Å². The Morgan fingerprint density at radius 3 is 2.29 bits per heavy atom. The number of hydrogen-bond acceptors (Lipinski definition) is 9. The molecule has 0 aromatic carbocycles. The lowest BCUT2D eigenvalue weighted by molar-refractivity contribution is -0.256. The van der Waals surface area contributed by atoms with Crippen LogP contribution in [0.25, 0.3) is 0 Å². The first-order valence-corrected chi connectivity index (χ1v) is 14.2. The number of carbonyl (C=O) groups is 1. The lowest BCUT2D eigenvalue weighted by atomic mass is 9.81. The van der Waals surface area contributed by atoms with E-state index in [2.05, 4.69) is 6.92 Å². The van der Waals surface area contributed by atoms with Gasteiger partial charge in [-0.1, -0.05) is 34.1 Å². The monoisotopic (exact) mass is 548 g/mol. The van der Waals surface area contributed by atoms with Crippen molar-refractivity contribution in [3.63, 3.8) is 0 Å². The zero-order valence-corrected chi connectivity index (χ0v) is 24.9. The number of likely N-dealkylation sites (N-methyl/N-ethyl adjacent to an activating group) is 1. The molecular weight excluding hydrogens is 492 g/mol. The lowest BCUT2D eigenvalue weighted by Gasteiger charge is -2.41. The highest BCUT2D eigenvalue weighted by atomic mass is 16.7. The molecule has 1 rings (SSSR count). The largest absolute Gasteiger partial charge is 0.481 e. The molecule has 0 amide bonds. The molecule has 0 aliphatic carbocycles. The van der Waals surface area contributed by atoms with Crippen molar-refractivity contribution in [2.75, 3.05) is 13.6 Å². The maximum atomic E-state index is 11.9.